The number of benzene rings is 1. The average molecular weight is 334 g/mol. The van der Waals surface area contributed by atoms with Crippen LogP contribution in [0.1, 0.15) is 30.1 Å². The maximum Gasteiger partial charge on any atom is 0.242 e. The zero-order valence-corrected chi connectivity index (χ0v) is 14.2. The minimum Gasteiger partial charge on any atom is -0.388 e. The zero-order valence-electron chi connectivity index (χ0n) is 13.4. The van der Waals surface area contributed by atoms with Crippen molar-refractivity contribution in [3.63, 3.8) is 0 Å². The van der Waals surface area contributed by atoms with Crippen LogP contribution in [0.15, 0.2) is 53.7 Å². The van der Waals surface area contributed by atoms with Gasteiger partial charge in [-0.05, 0) is 43.5 Å². The summed E-state index contributed by atoms with van der Waals surface area (Å²) in [6, 6.07) is 10.4. The van der Waals surface area contributed by atoms with Crippen LogP contribution >= 0.6 is 0 Å². The van der Waals surface area contributed by atoms with Gasteiger partial charge in [0.05, 0.1) is 11.0 Å². The van der Waals surface area contributed by atoms with Crippen LogP contribution in [0, 0.1) is 6.92 Å². The molecule has 1 atom stereocenters. The third-order valence-electron chi connectivity index (χ3n) is 3.75. The first-order valence-corrected chi connectivity index (χ1v) is 8.96. The Kier molecular flexibility index (Phi) is 5.87. The van der Waals surface area contributed by atoms with E-state index in [1.165, 1.54) is 4.31 Å². The van der Waals surface area contributed by atoms with Crippen LogP contribution in [0.5, 0.6) is 0 Å². The third-order valence-corrected chi connectivity index (χ3v) is 5.62. The van der Waals surface area contributed by atoms with E-state index in [0.29, 0.717) is 24.3 Å². The molecule has 2 rings (SSSR count). The van der Waals surface area contributed by atoms with Gasteiger partial charge in [0.1, 0.15) is 0 Å². The van der Waals surface area contributed by atoms with E-state index in [0.717, 1.165) is 11.1 Å². The highest BCUT2D eigenvalue weighted by Crippen LogP contribution is 2.19. The van der Waals surface area contributed by atoms with Crippen molar-refractivity contribution in [1.82, 2.24) is 9.29 Å². The Morgan fingerprint density at radius 1 is 1.22 bits per heavy atom. The first-order chi connectivity index (χ1) is 10.9. The molecule has 23 heavy (non-hydrogen) atoms. The number of hydrogen-bond donors (Lipinski definition) is 1. The lowest BCUT2D eigenvalue weighted by Crippen LogP contribution is -2.28. The van der Waals surface area contributed by atoms with Crippen LogP contribution in [0.3, 0.4) is 0 Å². The number of nitrogens with zero attached hydrogens (tertiary/aromatic N) is 2. The Balaban J connectivity index is 1.91. The molecule has 0 radical (unpaired) electrons. The van der Waals surface area contributed by atoms with E-state index < -0.39 is 16.1 Å². The molecule has 2 aromatic rings. The Bertz CT molecular complexity index is 715. The topological polar surface area (TPSA) is 70.5 Å². The molecule has 0 aliphatic heterocycles. The van der Waals surface area contributed by atoms with E-state index in [1.807, 2.05) is 13.0 Å². The van der Waals surface area contributed by atoms with E-state index in [2.05, 4.69) is 4.98 Å². The van der Waals surface area contributed by atoms with Crippen LogP contribution in [0.2, 0.25) is 0 Å². The highest BCUT2D eigenvalue weighted by molar-refractivity contribution is 7.89. The van der Waals surface area contributed by atoms with Gasteiger partial charge in [-0.1, -0.05) is 23.8 Å². The molecule has 0 amide bonds. The predicted octanol–water partition coefficient (Wildman–Crippen LogP) is 2.52. The van der Waals surface area contributed by atoms with E-state index in [1.54, 1.807) is 49.8 Å². The zero-order chi connectivity index (χ0) is 16.9. The normalized spacial score (nSPS) is 13.2. The monoisotopic (exact) mass is 334 g/mol. The van der Waals surface area contributed by atoms with Crippen molar-refractivity contribution in [3.05, 3.63) is 59.9 Å². The second-order valence-electron chi connectivity index (χ2n) is 5.58. The number of sulfonamides is 1. The van der Waals surface area contributed by atoms with Gasteiger partial charge in [-0.25, -0.2) is 12.7 Å². The number of rotatable bonds is 7. The van der Waals surface area contributed by atoms with Crippen molar-refractivity contribution >= 4 is 10.0 Å². The molecular weight excluding hydrogens is 312 g/mol. The number of aliphatic hydroxyl groups excluding tert-OH is 1. The fourth-order valence-electron chi connectivity index (χ4n) is 2.26. The molecule has 6 heteroatoms. The standard InChI is InChI=1S/C17H22N2O3S/c1-14-7-9-16(10-8-14)23(21,22)19(2)12-4-6-17(20)15-5-3-11-18-13-15/h3,5,7-11,13,17,20H,4,6,12H2,1-2H3. The predicted molar refractivity (Wildman–Crippen MR) is 89.4 cm³/mol. The van der Waals surface area contributed by atoms with Crippen molar-refractivity contribution in [2.45, 2.75) is 30.8 Å². The lowest BCUT2D eigenvalue weighted by atomic mass is 10.1. The molecule has 1 aromatic heterocycles. The number of aryl methyl sites for hydroxylation is 1. The number of aliphatic hydroxyl groups is 1. The summed E-state index contributed by atoms with van der Waals surface area (Å²) in [5.41, 5.74) is 1.77. The first kappa shape index (κ1) is 17.6. The Hall–Kier alpha value is -1.76. The summed E-state index contributed by atoms with van der Waals surface area (Å²) in [6.45, 7) is 2.27. The average Bonchev–Trinajstić information content (AvgIpc) is 2.55. The summed E-state index contributed by atoms with van der Waals surface area (Å²) >= 11 is 0. The van der Waals surface area contributed by atoms with Crippen molar-refractivity contribution in [2.75, 3.05) is 13.6 Å². The highest BCUT2D eigenvalue weighted by atomic mass is 32.2. The van der Waals surface area contributed by atoms with Crippen LogP contribution in [-0.2, 0) is 10.0 Å². The van der Waals surface area contributed by atoms with E-state index in [9.17, 15) is 13.5 Å². The molecule has 0 saturated heterocycles. The third kappa shape index (κ3) is 4.60. The van der Waals surface area contributed by atoms with Gasteiger partial charge >= 0.3 is 0 Å². The second kappa shape index (κ2) is 7.68. The van der Waals surface area contributed by atoms with Crippen molar-refractivity contribution < 1.29 is 13.5 Å². The highest BCUT2D eigenvalue weighted by Gasteiger charge is 2.20. The van der Waals surface area contributed by atoms with Crippen LogP contribution < -0.4 is 0 Å². The molecule has 1 unspecified atom stereocenters. The molecule has 0 saturated carbocycles. The summed E-state index contributed by atoms with van der Waals surface area (Å²) in [4.78, 5) is 4.26. The Morgan fingerprint density at radius 2 is 1.91 bits per heavy atom. The Morgan fingerprint density at radius 3 is 2.52 bits per heavy atom. The fourth-order valence-corrected chi connectivity index (χ4v) is 3.47. The van der Waals surface area contributed by atoms with Gasteiger partial charge < -0.3 is 5.11 Å². The van der Waals surface area contributed by atoms with Crippen molar-refractivity contribution in [2.24, 2.45) is 0 Å². The maximum atomic E-state index is 12.4. The van der Waals surface area contributed by atoms with E-state index >= 15 is 0 Å². The molecule has 124 valence electrons. The molecule has 0 spiro atoms. The molecule has 0 aliphatic rings. The van der Waals surface area contributed by atoms with Gasteiger partial charge in [-0.15, -0.1) is 0 Å². The first-order valence-electron chi connectivity index (χ1n) is 7.52. The minimum atomic E-state index is -3.48. The SMILES string of the molecule is Cc1ccc(S(=O)(=O)N(C)CCCC(O)c2cccnc2)cc1. The summed E-state index contributed by atoms with van der Waals surface area (Å²) in [5, 5.41) is 10.1. The molecule has 0 bridgehead atoms. The van der Waals surface area contributed by atoms with Gasteiger partial charge in [-0.3, -0.25) is 4.98 Å². The van der Waals surface area contributed by atoms with Gasteiger partial charge in [0.25, 0.3) is 0 Å². The number of aromatic nitrogens is 1. The lowest BCUT2D eigenvalue weighted by molar-refractivity contribution is 0.162. The van der Waals surface area contributed by atoms with Crippen LogP contribution in [0.4, 0.5) is 0 Å². The summed E-state index contributed by atoms with van der Waals surface area (Å²) in [7, 11) is -1.92. The summed E-state index contributed by atoms with van der Waals surface area (Å²) < 4.78 is 26.2. The molecule has 0 fully saturated rings. The van der Waals surface area contributed by atoms with E-state index in [-0.39, 0.29) is 0 Å². The minimum absolute atomic E-state index is 0.290. The van der Waals surface area contributed by atoms with Crippen LogP contribution in [-0.4, -0.2) is 36.4 Å². The molecule has 0 aliphatic carbocycles. The van der Waals surface area contributed by atoms with Gasteiger partial charge in [0.15, 0.2) is 0 Å². The second-order valence-corrected chi connectivity index (χ2v) is 7.63. The Labute approximate surface area is 137 Å². The fraction of sp³-hybridized carbons (Fsp3) is 0.353. The van der Waals surface area contributed by atoms with Gasteiger partial charge in [0.2, 0.25) is 10.0 Å². The molecule has 1 aromatic carbocycles. The number of hydrogen-bond acceptors (Lipinski definition) is 4. The van der Waals surface area contributed by atoms with Crippen molar-refractivity contribution in [1.29, 1.82) is 0 Å². The summed E-state index contributed by atoms with van der Waals surface area (Å²) in [5.74, 6) is 0. The quantitative estimate of drug-likeness (QED) is 0.845. The van der Waals surface area contributed by atoms with Crippen molar-refractivity contribution in [3.8, 4) is 0 Å². The van der Waals surface area contributed by atoms with Gasteiger partial charge in [-0.2, -0.15) is 0 Å². The number of pyridine rings is 1. The molecule has 1 heterocycles. The van der Waals surface area contributed by atoms with Crippen LogP contribution in [0.25, 0.3) is 0 Å². The largest absolute Gasteiger partial charge is 0.388 e. The smallest absolute Gasteiger partial charge is 0.242 e. The summed E-state index contributed by atoms with van der Waals surface area (Å²) in [6.07, 6.45) is 3.70. The molecule has 5 nitrogen and oxygen atoms in total. The molecular formula is C17H22N2O3S. The lowest BCUT2D eigenvalue weighted by Gasteiger charge is -2.18. The van der Waals surface area contributed by atoms with E-state index in [4.69, 9.17) is 0 Å². The molecule has 1 N–H and O–H groups in total. The van der Waals surface area contributed by atoms with Gasteiger partial charge in [0, 0.05) is 26.0 Å². The maximum absolute atomic E-state index is 12.4.